The molecule has 3 saturated carbocycles. The van der Waals surface area contributed by atoms with Crippen LogP contribution in [0.2, 0.25) is 0 Å². The van der Waals surface area contributed by atoms with Crippen LogP contribution in [0.3, 0.4) is 0 Å². The molecule has 1 heterocycles. The number of fused-ring (bicyclic) bond motifs is 1. The first-order chi connectivity index (χ1) is 15.4. The van der Waals surface area contributed by atoms with Gasteiger partial charge in [0.15, 0.2) is 12.5 Å². The Morgan fingerprint density at radius 1 is 1.24 bits per heavy atom. The molecule has 33 heavy (non-hydrogen) atoms. The molecule has 0 amide bonds. The SMILES string of the molecule is O=C(OCCC(F)C(F)(F)S(=O)(=O)O)C1CCCCC1C(O)OC1C2CC3C(=O)OC1C3C2. The molecule has 4 rings (SSSR count). The van der Waals surface area contributed by atoms with Crippen molar-refractivity contribution in [1.29, 1.82) is 0 Å². The normalized spacial score (nSPS) is 37.6. The lowest BCUT2D eigenvalue weighted by atomic mass is 9.78. The van der Waals surface area contributed by atoms with E-state index in [2.05, 4.69) is 0 Å². The van der Waals surface area contributed by atoms with Crippen LogP contribution in [0, 0.1) is 29.6 Å². The molecule has 0 radical (unpaired) electrons. The Bertz CT molecular complexity index is 882. The number of ether oxygens (including phenoxy) is 3. The molecule has 2 N–H and O–H groups in total. The molecule has 9 unspecified atom stereocenters. The molecule has 0 aromatic carbocycles. The summed E-state index contributed by atoms with van der Waals surface area (Å²) < 4.78 is 86.0. The predicted molar refractivity (Wildman–Crippen MR) is 103 cm³/mol. The maximum absolute atomic E-state index is 13.6. The van der Waals surface area contributed by atoms with Gasteiger partial charge in [0, 0.05) is 18.3 Å². The van der Waals surface area contributed by atoms with Crippen molar-refractivity contribution in [3.8, 4) is 0 Å². The van der Waals surface area contributed by atoms with Gasteiger partial charge >= 0.3 is 27.3 Å². The Morgan fingerprint density at radius 2 is 1.94 bits per heavy atom. The van der Waals surface area contributed by atoms with Gasteiger partial charge in [-0.3, -0.25) is 14.1 Å². The van der Waals surface area contributed by atoms with Crippen LogP contribution in [0.25, 0.3) is 0 Å². The van der Waals surface area contributed by atoms with Gasteiger partial charge in [0.05, 0.1) is 18.4 Å². The van der Waals surface area contributed by atoms with Crippen molar-refractivity contribution in [2.24, 2.45) is 29.6 Å². The highest BCUT2D eigenvalue weighted by Gasteiger charge is 2.63. The average Bonchev–Trinajstić information content (AvgIpc) is 3.38. The van der Waals surface area contributed by atoms with Crippen LogP contribution in [0.15, 0.2) is 0 Å². The molecule has 0 aromatic heterocycles. The standard InChI is InChI=1S/C20H27F3O9S/c21-14(20(22,23)33(27,28)29)5-6-30-17(24)10-3-1-2-4-11(10)18(25)31-15-9-7-12-13(8-9)19(26)32-16(12)15/h9-16,18,25H,1-8H2,(H,27,28,29). The van der Waals surface area contributed by atoms with Gasteiger partial charge in [-0.25, -0.2) is 4.39 Å². The zero-order valence-electron chi connectivity index (χ0n) is 17.6. The molecule has 9 nitrogen and oxygen atoms in total. The van der Waals surface area contributed by atoms with Crippen molar-refractivity contribution in [2.75, 3.05) is 6.61 Å². The van der Waals surface area contributed by atoms with Crippen LogP contribution < -0.4 is 0 Å². The molecule has 4 fully saturated rings. The fraction of sp³-hybridized carbons (Fsp3) is 0.900. The highest BCUT2D eigenvalue weighted by Crippen LogP contribution is 2.56. The molecule has 2 bridgehead atoms. The number of esters is 2. The summed E-state index contributed by atoms with van der Waals surface area (Å²) in [6.45, 7) is -0.822. The molecule has 0 aromatic rings. The van der Waals surface area contributed by atoms with E-state index in [0.717, 1.165) is 12.8 Å². The summed E-state index contributed by atoms with van der Waals surface area (Å²) in [5, 5.41) is 5.75. The molecule has 0 spiro atoms. The Balaban J connectivity index is 1.31. The number of carbonyl (C=O) groups is 2. The van der Waals surface area contributed by atoms with Gasteiger partial charge in [0.1, 0.15) is 12.2 Å². The summed E-state index contributed by atoms with van der Waals surface area (Å²) in [4.78, 5) is 24.5. The summed E-state index contributed by atoms with van der Waals surface area (Å²) in [5.41, 5.74) is 0. The highest BCUT2D eigenvalue weighted by molar-refractivity contribution is 7.86. The largest absolute Gasteiger partial charge is 0.465 e. The maximum Gasteiger partial charge on any atom is 0.400 e. The van der Waals surface area contributed by atoms with Gasteiger partial charge in [-0.1, -0.05) is 12.8 Å². The molecule has 188 valence electrons. The number of alkyl halides is 3. The van der Waals surface area contributed by atoms with Gasteiger partial charge in [-0.05, 0) is 31.6 Å². The average molecular weight is 500 g/mol. The smallest absolute Gasteiger partial charge is 0.400 e. The number of rotatable bonds is 9. The number of halogens is 3. The summed E-state index contributed by atoms with van der Waals surface area (Å²) in [6, 6.07) is 0. The van der Waals surface area contributed by atoms with E-state index in [1.807, 2.05) is 0 Å². The Kier molecular flexibility index (Phi) is 6.71. The first kappa shape index (κ1) is 24.7. The van der Waals surface area contributed by atoms with E-state index in [9.17, 15) is 36.3 Å². The van der Waals surface area contributed by atoms with E-state index in [-0.39, 0.29) is 23.7 Å². The van der Waals surface area contributed by atoms with Crippen molar-refractivity contribution < 1.29 is 55.0 Å². The zero-order valence-corrected chi connectivity index (χ0v) is 18.5. The van der Waals surface area contributed by atoms with E-state index < -0.39 is 70.9 Å². The van der Waals surface area contributed by atoms with Crippen LogP contribution in [0.5, 0.6) is 0 Å². The lowest BCUT2D eigenvalue weighted by Crippen LogP contribution is -2.43. The molecular weight excluding hydrogens is 473 g/mol. The Morgan fingerprint density at radius 3 is 2.64 bits per heavy atom. The van der Waals surface area contributed by atoms with Crippen molar-refractivity contribution in [2.45, 2.75) is 74.9 Å². The van der Waals surface area contributed by atoms with E-state index in [0.29, 0.717) is 25.7 Å². The van der Waals surface area contributed by atoms with E-state index in [4.69, 9.17) is 18.8 Å². The van der Waals surface area contributed by atoms with Gasteiger partial charge in [-0.15, -0.1) is 0 Å². The highest BCUT2D eigenvalue weighted by atomic mass is 32.2. The van der Waals surface area contributed by atoms with Gasteiger partial charge in [0.2, 0.25) is 0 Å². The third-order valence-electron chi connectivity index (χ3n) is 7.52. The van der Waals surface area contributed by atoms with Crippen molar-refractivity contribution in [3.05, 3.63) is 0 Å². The Hall–Kier alpha value is -1.44. The second-order valence-corrected chi connectivity index (χ2v) is 10.9. The number of aliphatic hydroxyl groups is 1. The molecule has 3 aliphatic carbocycles. The minimum atomic E-state index is -5.95. The number of carbonyl (C=O) groups excluding carboxylic acids is 2. The van der Waals surface area contributed by atoms with Crippen molar-refractivity contribution in [3.63, 3.8) is 0 Å². The van der Waals surface area contributed by atoms with Crippen LogP contribution in [0.1, 0.15) is 44.9 Å². The maximum atomic E-state index is 13.6. The van der Waals surface area contributed by atoms with Crippen LogP contribution in [0.4, 0.5) is 13.2 Å². The lowest BCUT2D eigenvalue weighted by Gasteiger charge is -2.36. The number of hydrogen-bond acceptors (Lipinski definition) is 8. The third kappa shape index (κ3) is 4.48. The number of hydrogen-bond donors (Lipinski definition) is 2. The quantitative estimate of drug-likeness (QED) is 0.276. The van der Waals surface area contributed by atoms with E-state index in [1.165, 1.54) is 0 Å². The van der Waals surface area contributed by atoms with E-state index in [1.54, 1.807) is 0 Å². The summed E-state index contributed by atoms with van der Waals surface area (Å²) in [6.07, 6.45) is -2.98. The monoisotopic (exact) mass is 500 g/mol. The lowest BCUT2D eigenvalue weighted by molar-refractivity contribution is -0.213. The summed E-state index contributed by atoms with van der Waals surface area (Å²) >= 11 is 0. The van der Waals surface area contributed by atoms with Crippen molar-refractivity contribution >= 4 is 22.1 Å². The van der Waals surface area contributed by atoms with Crippen LogP contribution in [-0.4, -0.2) is 66.5 Å². The van der Waals surface area contributed by atoms with Gasteiger partial charge < -0.3 is 19.3 Å². The minimum Gasteiger partial charge on any atom is -0.465 e. The molecule has 9 atom stereocenters. The minimum absolute atomic E-state index is 0.0846. The summed E-state index contributed by atoms with van der Waals surface area (Å²) in [5.74, 6) is -2.46. The van der Waals surface area contributed by atoms with Crippen LogP contribution in [-0.2, 0) is 33.9 Å². The predicted octanol–water partition coefficient (Wildman–Crippen LogP) is 1.83. The Labute approximate surface area is 188 Å². The van der Waals surface area contributed by atoms with Crippen molar-refractivity contribution in [1.82, 2.24) is 0 Å². The fourth-order valence-electron chi connectivity index (χ4n) is 5.84. The molecule has 1 aliphatic heterocycles. The molecule has 4 aliphatic rings. The number of aliphatic hydroxyl groups excluding tert-OH is 1. The molecule has 1 saturated heterocycles. The fourth-order valence-corrected chi connectivity index (χ4v) is 6.29. The van der Waals surface area contributed by atoms with Crippen LogP contribution >= 0.6 is 0 Å². The third-order valence-corrected chi connectivity index (χ3v) is 8.47. The second kappa shape index (κ2) is 8.97. The topological polar surface area (TPSA) is 136 Å². The summed E-state index contributed by atoms with van der Waals surface area (Å²) in [7, 11) is -5.95. The van der Waals surface area contributed by atoms with Gasteiger partial charge in [0.25, 0.3) is 0 Å². The zero-order chi connectivity index (χ0) is 24.1. The molecule has 13 heteroatoms. The first-order valence-corrected chi connectivity index (χ1v) is 12.6. The molecular formula is C20H27F3O9S. The van der Waals surface area contributed by atoms with Gasteiger partial charge in [-0.2, -0.15) is 17.2 Å². The first-order valence-electron chi connectivity index (χ1n) is 11.1. The second-order valence-electron chi connectivity index (χ2n) is 9.41. The van der Waals surface area contributed by atoms with E-state index >= 15 is 0 Å².